The Kier molecular flexibility index (Phi) is 3.47. The Labute approximate surface area is 96.4 Å². The summed E-state index contributed by atoms with van der Waals surface area (Å²) in [7, 11) is 4.00. The first-order valence-corrected chi connectivity index (χ1v) is 5.92. The van der Waals surface area contributed by atoms with Crippen LogP contribution in [0.4, 0.5) is 0 Å². The minimum absolute atomic E-state index is 0.134. The number of carbonyl (C=O) groups is 1. The van der Waals surface area contributed by atoms with Crippen molar-refractivity contribution in [2.45, 2.75) is 18.6 Å². The molecule has 2 heterocycles. The minimum atomic E-state index is -0.345. The zero-order chi connectivity index (χ0) is 11.7. The fraction of sp³-hybridized carbons (Fsp3) is 0.909. The van der Waals surface area contributed by atoms with Crippen molar-refractivity contribution >= 4 is 5.91 Å². The summed E-state index contributed by atoms with van der Waals surface area (Å²) in [6.07, 6.45) is 0.367. The summed E-state index contributed by atoms with van der Waals surface area (Å²) in [5, 5.41) is 12.8. The van der Waals surface area contributed by atoms with Crippen molar-refractivity contribution in [3.63, 3.8) is 0 Å². The van der Waals surface area contributed by atoms with Gasteiger partial charge in [-0.15, -0.1) is 0 Å². The van der Waals surface area contributed by atoms with Crippen molar-refractivity contribution in [1.29, 1.82) is 0 Å². The van der Waals surface area contributed by atoms with Gasteiger partial charge in [0.15, 0.2) is 0 Å². The number of β-amino-alcohol motifs (C(OH)–C–C–N with tert-alkyl or cyclic N) is 1. The molecule has 2 N–H and O–H groups in total. The van der Waals surface area contributed by atoms with E-state index in [1.54, 1.807) is 0 Å². The quantitative estimate of drug-likeness (QED) is 0.631. The highest BCUT2D eigenvalue weighted by Gasteiger charge is 2.38. The summed E-state index contributed by atoms with van der Waals surface area (Å²) in [6.45, 7) is 2.93. The number of amides is 1. The van der Waals surface area contributed by atoms with Crippen molar-refractivity contribution in [3.8, 4) is 0 Å². The van der Waals surface area contributed by atoms with Gasteiger partial charge in [0, 0.05) is 32.2 Å². The topological polar surface area (TPSA) is 55.8 Å². The summed E-state index contributed by atoms with van der Waals surface area (Å²) < 4.78 is 0. The maximum atomic E-state index is 12.1. The molecule has 16 heavy (non-hydrogen) atoms. The largest absolute Gasteiger partial charge is 0.391 e. The number of likely N-dealkylation sites (tertiary alicyclic amines) is 1. The number of likely N-dealkylation sites (N-methyl/N-ethyl adjacent to an activating group) is 1. The molecule has 0 aromatic rings. The molecular weight excluding hydrogens is 206 g/mol. The third-order valence-corrected chi connectivity index (χ3v) is 3.38. The average Bonchev–Trinajstić information content (AvgIpc) is 2.42. The maximum absolute atomic E-state index is 12.1. The molecule has 2 saturated heterocycles. The smallest absolute Gasteiger partial charge is 0.228 e. The predicted octanol–water partition coefficient (Wildman–Crippen LogP) is -1.27. The van der Waals surface area contributed by atoms with Crippen LogP contribution >= 0.6 is 0 Å². The number of rotatable bonds is 3. The van der Waals surface area contributed by atoms with Gasteiger partial charge in [-0.1, -0.05) is 0 Å². The zero-order valence-corrected chi connectivity index (χ0v) is 10.0. The lowest BCUT2D eigenvalue weighted by Crippen LogP contribution is -2.54. The summed E-state index contributed by atoms with van der Waals surface area (Å²) in [4.78, 5) is 16.1. The summed E-state index contributed by atoms with van der Waals surface area (Å²) >= 11 is 0. The molecule has 2 atom stereocenters. The van der Waals surface area contributed by atoms with E-state index in [2.05, 4.69) is 10.2 Å². The normalized spacial score (nSPS) is 30.9. The first-order valence-electron chi connectivity index (χ1n) is 5.92. The molecule has 0 spiro atoms. The molecule has 0 aliphatic carbocycles. The van der Waals surface area contributed by atoms with Crippen LogP contribution in [-0.4, -0.2) is 73.2 Å². The second-order valence-corrected chi connectivity index (χ2v) is 5.15. The Morgan fingerprint density at radius 1 is 1.50 bits per heavy atom. The molecule has 2 aliphatic rings. The van der Waals surface area contributed by atoms with Crippen molar-refractivity contribution < 1.29 is 9.90 Å². The minimum Gasteiger partial charge on any atom is -0.391 e. The van der Waals surface area contributed by atoms with Crippen LogP contribution < -0.4 is 5.32 Å². The molecule has 5 heteroatoms. The van der Waals surface area contributed by atoms with E-state index in [-0.39, 0.29) is 24.0 Å². The van der Waals surface area contributed by atoms with E-state index in [4.69, 9.17) is 0 Å². The van der Waals surface area contributed by atoms with Crippen LogP contribution in [0.5, 0.6) is 0 Å². The molecule has 5 nitrogen and oxygen atoms in total. The third-order valence-electron chi connectivity index (χ3n) is 3.38. The van der Waals surface area contributed by atoms with Crippen LogP contribution in [0.25, 0.3) is 0 Å². The maximum Gasteiger partial charge on any atom is 0.228 e. The lowest BCUT2D eigenvalue weighted by Gasteiger charge is -2.34. The van der Waals surface area contributed by atoms with Crippen molar-refractivity contribution in [3.05, 3.63) is 0 Å². The molecule has 2 rings (SSSR count). The Hall–Kier alpha value is -0.650. The highest BCUT2D eigenvalue weighted by atomic mass is 16.3. The molecule has 92 valence electrons. The Morgan fingerprint density at radius 2 is 2.19 bits per heavy atom. The van der Waals surface area contributed by atoms with E-state index in [1.165, 1.54) is 0 Å². The number of nitrogens with zero attached hydrogens (tertiary/aromatic N) is 2. The highest BCUT2D eigenvalue weighted by molar-refractivity contribution is 5.81. The van der Waals surface area contributed by atoms with E-state index < -0.39 is 0 Å². The fourth-order valence-electron chi connectivity index (χ4n) is 2.45. The number of aliphatic hydroxyl groups is 1. The molecule has 2 aliphatic heterocycles. The molecule has 0 radical (unpaired) electrons. The molecule has 0 bridgehead atoms. The van der Waals surface area contributed by atoms with Crippen LogP contribution in [0, 0.1) is 5.92 Å². The Bertz CT molecular complexity index is 266. The molecular formula is C11H21N3O2. The predicted molar refractivity (Wildman–Crippen MR) is 61.0 cm³/mol. The van der Waals surface area contributed by atoms with Crippen LogP contribution in [0.15, 0.2) is 0 Å². The molecule has 0 aromatic heterocycles. The van der Waals surface area contributed by atoms with E-state index >= 15 is 0 Å². The van der Waals surface area contributed by atoms with Crippen LogP contribution in [0.3, 0.4) is 0 Å². The monoisotopic (exact) mass is 227 g/mol. The lowest BCUT2D eigenvalue weighted by molar-refractivity contribution is -0.138. The highest BCUT2D eigenvalue weighted by Crippen LogP contribution is 2.22. The molecule has 0 aromatic carbocycles. The van der Waals surface area contributed by atoms with Crippen molar-refractivity contribution in [2.75, 3.05) is 40.3 Å². The second kappa shape index (κ2) is 4.69. The Balaban J connectivity index is 1.96. The van der Waals surface area contributed by atoms with Gasteiger partial charge in [-0.25, -0.2) is 0 Å². The summed E-state index contributed by atoms with van der Waals surface area (Å²) in [5.41, 5.74) is 0. The molecule has 2 fully saturated rings. The second-order valence-electron chi connectivity index (χ2n) is 5.15. The standard InChI is InChI=1S/C11H21N3O2/c1-13(2)6-9-3-10(15)7-14(9)11(16)8-4-12-5-8/h8-10,12,15H,3-7H2,1-2H3. The van der Waals surface area contributed by atoms with E-state index in [9.17, 15) is 9.90 Å². The lowest BCUT2D eigenvalue weighted by atomic mass is 10.0. The average molecular weight is 227 g/mol. The van der Waals surface area contributed by atoms with Gasteiger partial charge in [0.25, 0.3) is 0 Å². The van der Waals surface area contributed by atoms with Crippen molar-refractivity contribution in [1.82, 2.24) is 15.1 Å². The van der Waals surface area contributed by atoms with Gasteiger partial charge < -0.3 is 20.2 Å². The summed E-state index contributed by atoms with van der Waals surface area (Å²) in [5.74, 6) is 0.345. The van der Waals surface area contributed by atoms with Crippen LogP contribution in [0.2, 0.25) is 0 Å². The van der Waals surface area contributed by atoms with E-state index in [0.717, 1.165) is 19.6 Å². The Morgan fingerprint density at radius 3 is 2.69 bits per heavy atom. The number of nitrogens with one attached hydrogen (secondary N) is 1. The van der Waals surface area contributed by atoms with Crippen LogP contribution in [0.1, 0.15) is 6.42 Å². The van der Waals surface area contributed by atoms with Crippen molar-refractivity contribution in [2.24, 2.45) is 5.92 Å². The first kappa shape index (κ1) is 11.8. The molecule has 0 saturated carbocycles. The van der Waals surface area contributed by atoms with Gasteiger partial charge >= 0.3 is 0 Å². The molecule has 1 amide bonds. The number of hydrogen-bond acceptors (Lipinski definition) is 4. The van der Waals surface area contributed by atoms with Gasteiger partial charge in [-0.2, -0.15) is 0 Å². The van der Waals surface area contributed by atoms with E-state index in [0.29, 0.717) is 13.0 Å². The van der Waals surface area contributed by atoms with Crippen LogP contribution in [-0.2, 0) is 4.79 Å². The zero-order valence-electron chi connectivity index (χ0n) is 10.0. The first-order chi connectivity index (χ1) is 7.58. The van der Waals surface area contributed by atoms with Gasteiger partial charge in [0.1, 0.15) is 0 Å². The van der Waals surface area contributed by atoms with Gasteiger partial charge in [0.2, 0.25) is 5.91 Å². The van der Waals surface area contributed by atoms with E-state index in [1.807, 2.05) is 19.0 Å². The third kappa shape index (κ3) is 2.36. The van der Waals surface area contributed by atoms with Gasteiger partial charge in [-0.05, 0) is 20.5 Å². The number of aliphatic hydroxyl groups excluding tert-OH is 1. The molecule has 2 unspecified atom stereocenters. The SMILES string of the molecule is CN(C)CC1CC(O)CN1C(=O)C1CNC1. The fourth-order valence-corrected chi connectivity index (χ4v) is 2.45. The number of hydrogen-bond donors (Lipinski definition) is 2. The van der Waals surface area contributed by atoms with Gasteiger partial charge in [-0.3, -0.25) is 4.79 Å². The number of carbonyl (C=O) groups excluding carboxylic acids is 1. The summed E-state index contributed by atoms with van der Waals surface area (Å²) in [6, 6.07) is 0.179. The van der Waals surface area contributed by atoms with Gasteiger partial charge in [0.05, 0.1) is 12.0 Å².